The highest BCUT2D eigenvalue weighted by Gasteiger charge is 2.02. The van der Waals surface area contributed by atoms with Crippen LogP contribution in [0.15, 0.2) is 17.1 Å². The molecule has 49 valence electrons. The van der Waals surface area contributed by atoms with Crippen LogP contribution in [-0.2, 0) is 4.74 Å². The van der Waals surface area contributed by atoms with Crippen molar-refractivity contribution in [3.8, 4) is 0 Å². The molecule has 1 heterocycles. The highest BCUT2D eigenvalue weighted by molar-refractivity contribution is 6.68. The summed E-state index contributed by atoms with van der Waals surface area (Å²) < 4.78 is 4.75. The third-order valence-corrected chi connectivity index (χ3v) is 0.961. The third kappa shape index (κ3) is 1.50. The van der Waals surface area contributed by atoms with Gasteiger partial charge in [-0.3, -0.25) is 0 Å². The Labute approximate surface area is 57.5 Å². The van der Waals surface area contributed by atoms with Crippen molar-refractivity contribution in [2.24, 2.45) is 5.10 Å². The zero-order valence-corrected chi connectivity index (χ0v) is 5.51. The molecule has 0 aromatic rings. The number of nitrogens with one attached hydrogen (secondary N) is 1. The van der Waals surface area contributed by atoms with Gasteiger partial charge in [-0.1, -0.05) is 17.1 Å². The van der Waals surface area contributed by atoms with Crippen molar-refractivity contribution in [2.75, 3.05) is 7.11 Å². The lowest BCUT2D eigenvalue weighted by Gasteiger charge is -2.08. The summed E-state index contributed by atoms with van der Waals surface area (Å²) in [5.41, 5.74) is 5.91. The number of ether oxygens (including phenoxy) is 1. The SMILES string of the molecule is COC1=CC(Cl)=N[N]N1. The number of hydrogen-bond donors (Lipinski definition) is 1. The highest BCUT2D eigenvalue weighted by Crippen LogP contribution is 1.98. The molecule has 0 aromatic carbocycles. The van der Waals surface area contributed by atoms with Crippen molar-refractivity contribution in [3.63, 3.8) is 0 Å². The van der Waals surface area contributed by atoms with Crippen molar-refractivity contribution in [3.05, 3.63) is 12.0 Å². The molecule has 0 saturated carbocycles. The van der Waals surface area contributed by atoms with Gasteiger partial charge in [0, 0.05) is 6.08 Å². The number of allylic oxidation sites excluding steroid dienone is 1. The van der Waals surface area contributed by atoms with E-state index in [2.05, 4.69) is 16.1 Å². The predicted octanol–water partition coefficient (Wildman–Crippen LogP) is 0.149. The van der Waals surface area contributed by atoms with Gasteiger partial charge in [-0.25, -0.2) is 5.43 Å². The van der Waals surface area contributed by atoms with Crippen molar-refractivity contribution in [1.82, 2.24) is 11.0 Å². The molecule has 1 N–H and O–H groups in total. The van der Waals surface area contributed by atoms with Crippen LogP contribution in [0.5, 0.6) is 0 Å². The lowest BCUT2D eigenvalue weighted by atomic mass is 10.6. The smallest absolute Gasteiger partial charge is 0.211 e. The average molecular weight is 147 g/mol. The maximum Gasteiger partial charge on any atom is 0.211 e. The van der Waals surface area contributed by atoms with Crippen LogP contribution in [0.4, 0.5) is 0 Å². The fraction of sp³-hybridized carbons (Fsp3) is 0.250. The summed E-state index contributed by atoms with van der Waals surface area (Å²) in [6.07, 6.45) is 1.54. The summed E-state index contributed by atoms with van der Waals surface area (Å²) in [6, 6.07) is 0. The van der Waals surface area contributed by atoms with E-state index in [0.717, 1.165) is 0 Å². The minimum absolute atomic E-state index is 0.311. The minimum Gasteiger partial charge on any atom is -0.481 e. The summed E-state index contributed by atoms with van der Waals surface area (Å²) in [5, 5.41) is 3.78. The van der Waals surface area contributed by atoms with E-state index < -0.39 is 0 Å². The van der Waals surface area contributed by atoms with Crippen LogP contribution in [0, 0.1) is 0 Å². The molecule has 1 aliphatic rings. The molecule has 0 bridgehead atoms. The second kappa shape index (κ2) is 2.59. The summed E-state index contributed by atoms with van der Waals surface area (Å²) in [5.74, 6) is 0.495. The van der Waals surface area contributed by atoms with Crippen LogP contribution >= 0.6 is 11.6 Å². The summed E-state index contributed by atoms with van der Waals surface area (Å²) in [7, 11) is 1.52. The van der Waals surface area contributed by atoms with E-state index in [1.807, 2.05) is 0 Å². The second-order valence-corrected chi connectivity index (χ2v) is 1.73. The quantitative estimate of drug-likeness (QED) is 0.573. The van der Waals surface area contributed by atoms with Gasteiger partial charge in [0.15, 0.2) is 5.17 Å². The molecular formula is C4H5ClN3O. The number of methoxy groups -OCH3 is 1. The van der Waals surface area contributed by atoms with Gasteiger partial charge >= 0.3 is 0 Å². The largest absolute Gasteiger partial charge is 0.481 e. The molecule has 1 aliphatic heterocycles. The Hall–Kier alpha value is -0.900. The van der Waals surface area contributed by atoms with Gasteiger partial charge in [-0.2, -0.15) is 0 Å². The van der Waals surface area contributed by atoms with E-state index in [4.69, 9.17) is 16.3 Å². The van der Waals surface area contributed by atoms with Crippen molar-refractivity contribution < 1.29 is 4.74 Å². The molecule has 0 atom stereocenters. The second-order valence-electron chi connectivity index (χ2n) is 1.35. The Morgan fingerprint density at radius 3 is 3.00 bits per heavy atom. The lowest BCUT2D eigenvalue weighted by Crippen LogP contribution is -2.25. The maximum absolute atomic E-state index is 5.45. The predicted molar refractivity (Wildman–Crippen MR) is 33.6 cm³/mol. The molecule has 0 saturated heterocycles. The van der Waals surface area contributed by atoms with Crippen LogP contribution in [-0.4, -0.2) is 12.3 Å². The molecule has 4 nitrogen and oxygen atoms in total. The van der Waals surface area contributed by atoms with Crippen LogP contribution in [0.2, 0.25) is 0 Å². The summed E-state index contributed by atoms with van der Waals surface area (Å²) in [6.45, 7) is 0. The fourth-order valence-corrected chi connectivity index (χ4v) is 0.533. The van der Waals surface area contributed by atoms with Gasteiger partial charge in [-0.05, 0) is 0 Å². The first kappa shape index (κ1) is 6.22. The lowest BCUT2D eigenvalue weighted by molar-refractivity contribution is 0.245. The number of halogens is 1. The number of hydrogen-bond acceptors (Lipinski definition) is 3. The zero-order valence-electron chi connectivity index (χ0n) is 4.76. The first-order valence-corrected chi connectivity index (χ1v) is 2.65. The van der Waals surface area contributed by atoms with Gasteiger partial charge in [0.2, 0.25) is 5.88 Å². The molecule has 0 spiro atoms. The number of rotatable bonds is 1. The molecule has 0 aromatic heterocycles. The Kier molecular flexibility index (Phi) is 1.79. The van der Waals surface area contributed by atoms with Crippen molar-refractivity contribution in [1.29, 1.82) is 0 Å². The van der Waals surface area contributed by atoms with Gasteiger partial charge in [0.25, 0.3) is 0 Å². The van der Waals surface area contributed by atoms with E-state index in [0.29, 0.717) is 11.1 Å². The normalized spacial score (nSPS) is 16.7. The van der Waals surface area contributed by atoms with Gasteiger partial charge in [-0.15, -0.1) is 5.10 Å². The first-order chi connectivity index (χ1) is 4.33. The third-order valence-electron chi connectivity index (χ3n) is 0.776. The van der Waals surface area contributed by atoms with E-state index in [1.54, 1.807) is 0 Å². The van der Waals surface area contributed by atoms with Gasteiger partial charge in [0.1, 0.15) is 0 Å². The molecule has 0 aliphatic carbocycles. The summed E-state index contributed by atoms with van der Waals surface area (Å²) in [4.78, 5) is 0. The van der Waals surface area contributed by atoms with Gasteiger partial charge in [0.05, 0.1) is 7.11 Å². The van der Waals surface area contributed by atoms with Crippen molar-refractivity contribution >= 4 is 16.8 Å². The Bertz CT molecular complexity index is 165. The Balaban J connectivity index is 2.63. The van der Waals surface area contributed by atoms with Crippen LogP contribution in [0.1, 0.15) is 0 Å². The van der Waals surface area contributed by atoms with Gasteiger partial charge < -0.3 is 4.74 Å². The molecule has 5 heteroatoms. The standard InChI is InChI=1S/C4H5ClN3O/c1-9-4-2-3(5)6-8-7-4/h2,7H,1H3. The molecule has 9 heavy (non-hydrogen) atoms. The van der Waals surface area contributed by atoms with Crippen LogP contribution in [0.25, 0.3) is 0 Å². The molecule has 1 rings (SSSR count). The van der Waals surface area contributed by atoms with Crippen molar-refractivity contribution in [2.45, 2.75) is 0 Å². The van der Waals surface area contributed by atoms with Crippen LogP contribution in [0.3, 0.4) is 0 Å². The van der Waals surface area contributed by atoms with Crippen LogP contribution < -0.4 is 11.0 Å². The Morgan fingerprint density at radius 2 is 2.56 bits per heavy atom. The monoisotopic (exact) mass is 146 g/mol. The molecule has 0 unspecified atom stereocenters. The average Bonchev–Trinajstić information content (AvgIpc) is 1.88. The Morgan fingerprint density at radius 1 is 1.78 bits per heavy atom. The van der Waals surface area contributed by atoms with E-state index >= 15 is 0 Å². The molecule has 0 amide bonds. The summed E-state index contributed by atoms with van der Waals surface area (Å²) >= 11 is 5.45. The number of nitrogens with zero attached hydrogens (tertiary/aromatic N) is 2. The molecular weight excluding hydrogens is 142 g/mol. The minimum atomic E-state index is 0.311. The van der Waals surface area contributed by atoms with E-state index in [1.165, 1.54) is 13.2 Å². The molecule has 0 fully saturated rings. The van der Waals surface area contributed by atoms with E-state index in [-0.39, 0.29) is 0 Å². The fourth-order valence-electron chi connectivity index (χ4n) is 0.396. The molecule has 1 radical (unpaired) electrons. The first-order valence-electron chi connectivity index (χ1n) is 2.28. The zero-order chi connectivity index (χ0) is 6.69. The topological polar surface area (TPSA) is 47.7 Å². The van der Waals surface area contributed by atoms with E-state index in [9.17, 15) is 0 Å². The maximum atomic E-state index is 5.45. The highest BCUT2D eigenvalue weighted by atomic mass is 35.5.